The summed E-state index contributed by atoms with van der Waals surface area (Å²) in [5.41, 5.74) is 1.86. The molecule has 1 aliphatic heterocycles. The van der Waals surface area contributed by atoms with Crippen molar-refractivity contribution < 1.29 is 14.3 Å². The van der Waals surface area contributed by atoms with Gasteiger partial charge in [0.05, 0.1) is 31.6 Å². The summed E-state index contributed by atoms with van der Waals surface area (Å²) in [6.45, 7) is 2.82. The molecule has 1 fully saturated rings. The Labute approximate surface area is 171 Å². The molecule has 0 spiro atoms. The molecular weight excluding hydrogens is 370 g/mol. The zero-order valence-corrected chi connectivity index (χ0v) is 17.2. The molecule has 2 amide bonds. The number of amides is 2. The van der Waals surface area contributed by atoms with Gasteiger partial charge in [-0.1, -0.05) is 12.1 Å². The van der Waals surface area contributed by atoms with Gasteiger partial charge in [0.1, 0.15) is 11.8 Å². The van der Waals surface area contributed by atoms with Crippen LogP contribution in [0.25, 0.3) is 0 Å². The van der Waals surface area contributed by atoms with Crippen molar-refractivity contribution in [2.75, 3.05) is 25.1 Å². The lowest BCUT2D eigenvalue weighted by atomic mass is 10.1. The number of carbonyl (C=O) groups excluding carboxylic acids is 2. The van der Waals surface area contributed by atoms with Gasteiger partial charge in [-0.15, -0.1) is 0 Å². The lowest BCUT2D eigenvalue weighted by molar-refractivity contribution is -0.128. The van der Waals surface area contributed by atoms with Gasteiger partial charge < -0.3 is 20.3 Å². The van der Waals surface area contributed by atoms with E-state index < -0.39 is 6.04 Å². The highest BCUT2D eigenvalue weighted by Crippen LogP contribution is 2.28. The maximum atomic E-state index is 12.8. The summed E-state index contributed by atoms with van der Waals surface area (Å²) in [4.78, 5) is 27.0. The van der Waals surface area contributed by atoms with E-state index in [2.05, 4.69) is 15.7 Å². The number of anilines is 1. The van der Waals surface area contributed by atoms with E-state index in [1.807, 2.05) is 49.3 Å². The molecular formula is C21H29N5O3. The molecule has 2 aromatic rings. The third-order valence-electron chi connectivity index (χ3n) is 5.25. The van der Waals surface area contributed by atoms with Crippen LogP contribution in [0.4, 0.5) is 5.69 Å². The summed E-state index contributed by atoms with van der Waals surface area (Å²) in [7, 11) is 3.47. The number of aromatic nitrogens is 2. The molecule has 3 rings (SSSR count). The Hall–Kier alpha value is -3.03. The third kappa shape index (κ3) is 5.28. The number of ether oxygens (including phenoxy) is 1. The summed E-state index contributed by atoms with van der Waals surface area (Å²) < 4.78 is 7.05. The number of hydrogen-bond donors (Lipinski definition) is 2. The van der Waals surface area contributed by atoms with Crippen molar-refractivity contribution in [1.29, 1.82) is 0 Å². The van der Waals surface area contributed by atoms with Crippen LogP contribution in [-0.4, -0.2) is 47.8 Å². The lowest BCUT2D eigenvalue weighted by Gasteiger charge is -2.30. The molecule has 8 nitrogen and oxygen atoms in total. The zero-order chi connectivity index (χ0) is 20.8. The Bertz CT molecular complexity index is 850. The molecule has 29 heavy (non-hydrogen) atoms. The second-order valence-corrected chi connectivity index (χ2v) is 7.36. The van der Waals surface area contributed by atoms with E-state index in [1.165, 1.54) is 0 Å². The molecule has 156 valence electrons. The first-order valence-electron chi connectivity index (χ1n) is 9.94. The summed E-state index contributed by atoms with van der Waals surface area (Å²) in [5, 5.41) is 10.0. The van der Waals surface area contributed by atoms with E-state index in [1.54, 1.807) is 18.0 Å². The van der Waals surface area contributed by atoms with Crippen LogP contribution < -0.4 is 20.3 Å². The van der Waals surface area contributed by atoms with Gasteiger partial charge in [0.15, 0.2) is 0 Å². The van der Waals surface area contributed by atoms with Crippen LogP contribution in [0, 0.1) is 0 Å². The Morgan fingerprint density at radius 2 is 2.28 bits per heavy atom. The largest absolute Gasteiger partial charge is 0.497 e. The zero-order valence-electron chi connectivity index (χ0n) is 17.2. The number of rotatable bonds is 7. The Balaban J connectivity index is 1.78. The maximum Gasteiger partial charge on any atom is 0.242 e. The molecule has 8 heteroatoms. The lowest BCUT2D eigenvalue weighted by Crippen LogP contribution is -2.49. The predicted molar refractivity (Wildman–Crippen MR) is 111 cm³/mol. The number of aryl methyl sites for hydroxylation is 1. The molecule has 2 N–H and O–H groups in total. The predicted octanol–water partition coefficient (Wildman–Crippen LogP) is 1.78. The van der Waals surface area contributed by atoms with Crippen molar-refractivity contribution in [3.05, 3.63) is 42.2 Å². The van der Waals surface area contributed by atoms with Crippen molar-refractivity contribution in [2.45, 2.75) is 38.3 Å². The fourth-order valence-electron chi connectivity index (χ4n) is 3.56. The SMILES string of the molecule is COc1cccc([C@@H](C)N(CC(=O)N[C@H]2CCCCNC2=O)c2cnn(C)c2)c1. The van der Waals surface area contributed by atoms with Gasteiger partial charge in [0, 0.05) is 19.8 Å². The minimum absolute atomic E-state index is 0.0944. The van der Waals surface area contributed by atoms with Gasteiger partial charge in [0.2, 0.25) is 11.8 Å². The second kappa shape index (κ2) is 9.45. The van der Waals surface area contributed by atoms with Gasteiger partial charge in [0.25, 0.3) is 0 Å². The molecule has 2 heterocycles. The number of hydrogen-bond acceptors (Lipinski definition) is 5. The minimum Gasteiger partial charge on any atom is -0.497 e. The van der Waals surface area contributed by atoms with Crippen LogP contribution in [0.3, 0.4) is 0 Å². The molecule has 2 atom stereocenters. The Morgan fingerprint density at radius 3 is 3.00 bits per heavy atom. The fraction of sp³-hybridized carbons (Fsp3) is 0.476. The van der Waals surface area contributed by atoms with E-state index in [0.717, 1.165) is 29.8 Å². The molecule has 1 saturated heterocycles. The Kier molecular flexibility index (Phi) is 6.74. The topological polar surface area (TPSA) is 88.5 Å². The number of methoxy groups -OCH3 is 1. The van der Waals surface area contributed by atoms with E-state index in [-0.39, 0.29) is 24.4 Å². The molecule has 0 radical (unpaired) electrons. The van der Waals surface area contributed by atoms with Gasteiger partial charge in [-0.25, -0.2) is 0 Å². The van der Waals surface area contributed by atoms with Crippen molar-refractivity contribution in [1.82, 2.24) is 20.4 Å². The first-order chi connectivity index (χ1) is 14.0. The first-order valence-corrected chi connectivity index (χ1v) is 9.94. The molecule has 0 saturated carbocycles. The molecule has 1 aliphatic rings. The fourth-order valence-corrected chi connectivity index (χ4v) is 3.56. The highest BCUT2D eigenvalue weighted by Gasteiger charge is 2.26. The normalized spacial score (nSPS) is 17.8. The standard InChI is InChI=1S/C21H29N5O3/c1-15(16-7-6-8-18(11-16)29-3)26(17-12-23-25(2)13-17)14-20(27)24-19-9-4-5-10-22-21(19)28/h6-8,11-13,15,19H,4-5,9-10,14H2,1-3H3,(H,22,28)(H,24,27)/t15-,19+/m1/s1. The quantitative estimate of drug-likeness (QED) is 0.741. The molecule has 1 aromatic heterocycles. The molecule has 0 aliphatic carbocycles. The van der Waals surface area contributed by atoms with E-state index in [9.17, 15) is 9.59 Å². The summed E-state index contributed by atoms with van der Waals surface area (Å²) in [6, 6.07) is 7.22. The van der Waals surface area contributed by atoms with Gasteiger partial charge in [-0.2, -0.15) is 5.10 Å². The number of nitrogens with one attached hydrogen (secondary N) is 2. The van der Waals surface area contributed by atoms with Crippen LogP contribution in [0.2, 0.25) is 0 Å². The summed E-state index contributed by atoms with van der Waals surface area (Å²) in [5.74, 6) is 0.468. The molecule has 0 bridgehead atoms. The third-order valence-corrected chi connectivity index (χ3v) is 5.25. The van der Waals surface area contributed by atoms with Crippen molar-refractivity contribution >= 4 is 17.5 Å². The van der Waals surface area contributed by atoms with Crippen LogP contribution >= 0.6 is 0 Å². The van der Waals surface area contributed by atoms with Crippen molar-refractivity contribution in [2.24, 2.45) is 7.05 Å². The van der Waals surface area contributed by atoms with Crippen LogP contribution in [0.1, 0.15) is 37.8 Å². The van der Waals surface area contributed by atoms with Crippen LogP contribution in [0.5, 0.6) is 5.75 Å². The highest BCUT2D eigenvalue weighted by molar-refractivity contribution is 5.89. The Morgan fingerprint density at radius 1 is 1.45 bits per heavy atom. The average molecular weight is 399 g/mol. The monoisotopic (exact) mass is 399 g/mol. The highest BCUT2D eigenvalue weighted by atomic mass is 16.5. The molecule has 0 unspecified atom stereocenters. The minimum atomic E-state index is -0.479. The maximum absolute atomic E-state index is 12.8. The van der Waals surface area contributed by atoms with Crippen molar-refractivity contribution in [3.63, 3.8) is 0 Å². The second-order valence-electron chi connectivity index (χ2n) is 7.36. The van der Waals surface area contributed by atoms with Crippen molar-refractivity contribution in [3.8, 4) is 5.75 Å². The van der Waals surface area contributed by atoms with Crippen LogP contribution in [-0.2, 0) is 16.6 Å². The smallest absolute Gasteiger partial charge is 0.242 e. The number of nitrogens with zero attached hydrogens (tertiary/aromatic N) is 3. The summed E-state index contributed by atoms with van der Waals surface area (Å²) >= 11 is 0. The van der Waals surface area contributed by atoms with E-state index in [0.29, 0.717) is 13.0 Å². The first kappa shape index (κ1) is 20.7. The van der Waals surface area contributed by atoms with Gasteiger partial charge in [-0.05, 0) is 43.9 Å². The van der Waals surface area contributed by atoms with Gasteiger partial charge in [-0.3, -0.25) is 14.3 Å². The van der Waals surface area contributed by atoms with Crippen LogP contribution in [0.15, 0.2) is 36.7 Å². The average Bonchev–Trinajstić information content (AvgIpc) is 3.05. The van der Waals surface area contributed by atoms with E-state index >= 15 is 0 Å². The summed E-state index contributed by atoms with van der Waals surface area (Å²) in [6.07, 6.45) is 6.13. The van der Waals surface area contributed by atoms with E-state index in [4.69, 9.17) is 4.74 Å². The number of benzene rings is 1. The molecule has 1 aromatic carbocycles. The van der Waals surface area contributed by atoms with Gasteiger partial charge >= 0.3 is 0 Å². The number of carbonyl (C=O) groups is 2.